The molecule has 0 amide bonds. The predicted molar refractivity (Wildman–Crippen MR) is 74.3 cm³/mol. The van der Waals surface area contributed by atoms with Crippen LogP contribution in [0.25, 0.3) is 0 Å². The van der Waals surface area contributed by atoms with Gasteiger partial charge in [0.2, 0.25) is 0 Å². The van der Waals surface area contributed by atoms with Crippen LogP contribution in [0.4, 0.5) is 0 Å². The molecule has 0 heterocycles. The van der Waals surface area contributed by atoms with Gasteiger partial charge in [-0.15, -0.1) is 0 Å². The molecule has 0 aliphatic rings. The molecule has 0 spiro atoms. The third-order valence-electron chi connectivity index (χ3n) is 2.16. The molecule has 2 aromatic carbocycles. The number of aromatic hydroxyl groups is 1. The third-order valence-corrected chi connectivity index (χ3v) is 3.08. The van der Waals surface area contributed by atoms with Crippen molar-refractivity contribution in [1.82, 2.24) is 0 Å². The van der Waals surface area contributed by atoms with Crippen LogP contribution in [0.3, 0.4) is 0 Å². The Morgan fingerprint density at radius 2 is 1.53 bits per heavy atom. The van der Waals surface area contributed by atoms with Gasteiger partial charge in [-0.2, -0.15) is 0 Å². The second-order valence-corrected chi connectivity index (χ2v) is 5.39. The Hall–Kier alpha value is -1.00. The highest BCUT2D eigenvalue weighted by atomic mass is 79.9. The van der Waals surface area contributed by atoms with Crippen LogP contribution in [0, 0.1) is 0 Å². The summed E-state index contributed by atoms with van der Waals surface area (Å²) in [5.74, 6) is 0.974. The Kier molecular flexibility index (Phi) is 4.07. The van der Waals surface area contributed by atoms with Crippen molar-refractivity contribution < 1.29 is 9.84 Å². The van der Waals surface area contributed by atoms with Gasteiger partial charge in [-0.05, 0) is 48.0 Å². The van der Waals surface area contributed by atoms with E-state index < -0.39 is 0 Å². The van der Waals surface area contributed by atoms with Gasteiger partial charge in [0.1, 0.15) is 18.1 Å². The first kappa shape index (κ1) is 12.5. The van der Waals surface area contributed by atoms with Gasteiger partial charge < -0.3 is 9.84 Å². The SMILES string of the molecule is Oc1ccc(OCc2cc(Br)cc(Br)c2)cc1. The molecule has 2 nitrogen and oxygen atoms in total. The van der Waals surface area contributed by atoms with Crippen molar-refractivity contribution in [2.24, 2.45) is 0 Å². The summed E-state index contributed by atoms with van der Waals surface area (Å²) in [6.45, 7) is 0.489. The van der Waals surface area contributed by atoms with E-state index in [1.165, 1.54) is 0 Å². The largest absolute Gasteiger partial charge is 0.508 e. The van der Waals surface area contributed by atoms with E-state index in [1.807, 2.05) is 18.2 Å². The summed E-state index contributed by atoms with van der Waals surface area (Å²) < 4.78 is 7.62. The molecule has 17 heavy (non-hydrogen) atoms. The Morgan fingerprint density at radius 1 is 0.941 bits per heavy atom. The first-order chi connectivity index (χ1) is 8.13. The topological polar surface area (TPSA) is 29.5 Å². The van der Waals surface area contributed by atoms with Crippen LogP contribution in [0.5, 0.6) is 11.5 Å². The maximum Gasteiger partial charge on any atom is 0.120 e. The first-order valence-corrected chi connectivity index (χ1v) is 6.59. The second kappa shape index (κ2) is 5.56. The van der Waals surface area contributed by atoms with Crippen LogP contribution in [0.1, 0.15) is 5.56 Å². The monoisotopic (exact) mass is 356 g/mol. The zero-order chi connectivity index (χ0) is 12.3. The lowest BCUT2D eigenvalue weighted by atomic mass is 10.2. The van der Waals surface area contributed by atoms with Crippen molar-refractivity contribution in [2.45, 2.75) is 6.61 Å². The molecule has 0 bridgehead atoms. The van der Waals surface area contributed by atoms with E-state index in [0.29, 0.717) is 6.61 Å². The minimum absolute atomic E-state index is 0.238. The maximum atomic E-state index is 9.15. The Bertz CT molecular complexity index is 489. The van der Waals surface area contributed by atoms with E-state index in [4.69, 9.17) is 9.84 Å². The predicted octanol–water partition coefficient (Wildman–Crippen LogP) is 4.50. The van der Waals surface area contributed by atoms with Crippen molar-refractivity contribution in [3.63, 3.8) is 0 Å². The molecule has 0 saturated heterocycles. The maximum absolute atomic E-state index is 9.15. The van der Waals surface area contributed by atoms with E-state index >= 15 is 0 Å². The highest BCUT2D eigenvalue weighted by Crippen LogP contribution is 2.22. The number of benzene rings is 2. The van der Waals surface area contributed by atoms with Crippen molar-refractivity contribution in [3.8, 4) is 11.5 Å². The zero-order valence-electron chi connectivity index (χ0n) is 8.86. The number of rotatable bonds is 3. The second-order valence-electron chi connectivity index (χ2n) is 3.56. The summed E-state index contributed by atoms with van der Waals surface area (Å²) in [4.78, 5) is 0. The van der Waals surface area contributed by atoms with E-state index in [9.17, 15) is 0 Å². The lowest BCUT2D eigenvalue weighted by Gasteiger charge is -2.07. The van der Waals surface area contributed by atoms with Crippen LogP contribution in [0.15, 0.2) is 51.4 Å². The minimum Gasteiger partial charge on any atom is -0.508 e. The first-order valence-electron chi connectivity index (χ1n) is 5.00. The summed E-state index contributed by atoms with van der Waals surface area (Å²) in [5, 5.41) is 9.15. The van der Waals surface area contributed by atoms with E-state index in [1.54, 1.807) is 24.3 Å². The zero-order valence-corrected chi connectivity index (χ0v) is 12.0. The molecule has 0 atom stereocenters. The summed E-state index contributed by atoms with van der Waals surface area (Å²) in [6, 6.07) is 12.7. The molecule has 0 radical (unpaired) electrons. The molecule has 0 aliphatic heterocycles. The van der Waals surface area contributed by atoms with Crippen LogP contribution in [0.2, 0.25) is 0 Å². The normalized spacial score (nSPS) is 10.2. The quantitative estimate of drug-likeness (QED) is 0.876. The number of hydrogen-bond donors (Lipinski definition) is 1. The molecular weight excluding hydrogens is 348 g/mol. The Morgan fingerprint density at radius 3 is 2.12 bits per heavy atom. The average molecular weight is 358 g/mol. The fourth-order valence-electron chi connectivity index (χ4n) is 1.40. The highest BCUT2D eigenvalue weighted by molar-refractivity contribution is 9.11. The summed E-state index contributed by atoms with van der Waals surface area (Å²) in [5.41, 5.74) is 1.07. The fourth-order valence-corrected chi connectivity index (χ4v) is 2.79. The van der Waals surface area contributed by atoms with Crippen LogP contribution >= 0.6 is 31.9 Å². The van der Waals surface area contributed by atoms with Crippen molar-refractivity contribution >= 4 is 31.9 Å². The average Bonchev–Trinajstić information content (AvgIpc) is 2.27. The van der Waals surface area contributed by atoms with Gasteiger partial charge in [0, 0.05) is 8.95 Å². The molecule has 88 valence electrons. The molecule has 0 unspecified atom stereocenters. The van der Waals surface area contributed by atoms with Gasteiger partial charge in [-0.1, -0.05) is 31.9 Å². The molecule has 2 aromatic rings. The van der Waals surface area contributed by atoms with Crippen LogP contribution in [-0.2, 0) is 6.61 Å². The van der Waals surface area contributed by atoms with Gasteiger partial charge in [0.15, 0.2) is 0 Å². The summed E-state index contributed by atoms with van der Waals surface area (Å²) >= 11 is 6.86. The number of phenolic OH excluding ortho intramolecular Hbond substituents is 1. The van der Waals surface area contributed by atoms with E-state index in [2.05, 4.69) is 31.9 Å². The molecule has 1 N–H and O–H groups in total. The number of ether oxygens (including phenoxy) is 1. The van der Waals surface area contributed by atoms with Crippen molar-refractivity contribution in [2.75, 3.05) is 0 Å². The van der Waals surface area contributed by atoms with Crippen LogP contribution < -0.4 is 4.74 Å². The number of hydrogen-bond acceptors (Lipinski definition) is 2. The van der Waals surface area contributed by atoms with Gasteiger partial charge in [-0.3, -0.25) is 0 Å². The molecular formula is C13H10Br2O2. The lowest BCUT2D eigenvalue weighted by molar-refractivity contribution is 0.305. The fraction of sp³-hybridized carbons (Fsp3) is 0.0769. The van der Waals surface area contributed by atoms with Gasteiger partial charge in [-0.25, -0.2) is 0 Å². The smallest absolute Gasteiger partial charge is 0.120 e. The van der Waals surface area contributed by atoms with Gasteiger partial charge in [0.25, 0.3) is 0 Å². The van der Waals surface area contributed by atoms with Crippen LogP contribution in [-0.4, -0.2) is 5.11 Å². The van der Waals surface area contributed by atoms with Crippen molar-refractivity contribution in [3.05, 3.63) is 57.0 Å². The van der Waals surface area contributed by atoms with E-state index in [0.717, 1.165) is 20.3 Å². The molecule has 0 aromatic heterocycles. The van der Waals surface area contributed by atoms with Crippen molar-refractivity contribution in [1.29, 1.82) is 0 Å². The van der Waals surface area contributed by atoms with E-state index in [-0.39, 0.29) is 5.75 Å². The molecule has 2 rings (SSSR count). The molecule has 4 heteroatoms. The minimum atomic E-state index is 0.238. The molecule has 0 fully saturated rings. The van der Waals surface area contributed by atoms with Gasteiger partial charge in [0.05, 0.1) is 0 Å². The standard InChI is InChI=1S/C13H10Br2O2/c14-10-5-9(6-11(15)7-10)8-17-13-3-1-12(16)2-4-13/h1-7,16H,8H2. The lowest BCUT2D eigenvalue weighted by Crippen LogP contribution is -1.95. The van der Waals surface area contributed by atoms with Gasteiger partial charge >= 0.3 is 0 Å². The summed E-state index contributed by atoms with van der Waals surface area (Å²) in [7, 11) is 0. The number of halogens is 2. The summed E-state index contributed by atoms with van der Waals surface area (Å²) in [6.07, 6.45) is 0. The molecule has 0 saturated carbocycles. The molecule has 0 aliphatic carbocycles. The third kappa shape index (κ3) is 3.75. The Labute approximate surface area is 116 Å². The number of phenols is 1. The Balaban J connectivity index is 2.04. The highest BCUT2D eigenvalue weighted by Gasteiger charge is 1.99.